The van der Waals surface area contributed by atoms with Gasteiger partial charge in [-0.3, -0.25) is 9.40 Å². The van der Waals surface area contributed by atoms with Gasteiger partial charge in [-0.2, -0.15) is 5.10 Å². The zero-order valence-corrected chi connectivity index (χ0v) is 13.6. The Kier molecular flexibility index (Phi) is 3.99. The zero-order chi connectivity index (χ0) is 15.9. The van der Waals surface area contributed by atoms with Crippen LogP contribution in [0.4, 0.5) is 10.1 Å². The molecule has 0 aliphatic heterocycles. The lowest BCUT2D eigenvalue weighted by Gasteiger charge is -2.11. The summed E-state index contributed by atoms with van der Waals surface area (Å²) < 4.78 is 42.3. The van der Waals surface area contributed by atoms with Crippen LogP contribution in [0.5, 0.6) is 0 Å². The quantitative estimate of drug-likeness (QED) is 0.940. The third kappa shape index (κ3) is 2.89. The molecule has 1 N–H and O–H groups in total. The highest BCUT2D eigenvalue weighted by Gasteiger charge is 2.23. The molecule has 1 aromatic carbocycles. The van der Waals surface area contributed by atoms with Crippen molar-refractivity contribution in [1.82, 2.24) is 9.78 Å². The average molecular weight is 332 g/mol. The van der Waals surface area contributed by atoms with Gasteiger partial charge in [0.15, 0.2) is 0 Å². The molecule has 1 heterocycles. The molecule has 2 rings (SSSR count). The summed E-state index contributed by atoms with van der Waals surface area (Å²) in [6.45, 7) is 4.92. The summed E-state index contributed by atoms with van der Waals surface area (Å²) in [6.07, 6.45) is 0. The number of nitrogens with zero attached hydrogens (tertiary/aromatic N) is 2. The summed E-state index contributed by atoms with van der Waals surface area (Å²) in [5, 5.41) is 3.98. The van der Waals surface area contributed by atoms with Gasteiger partial charge in [0, 0.05) is 7.05 Å². The van der Waals surface area contributed by atoms with E-state index >= 15 is 0 Å². The second-order valence-corrected chi connectivity index (χ2v) is 6.86. The molecule has 0 saturated heterocycles. The van der Waals surface area contributed by atoms with Crippen LogP contribution in [0.1, 0.15) is 17.0 Å². The van der Waals surface area contributed by atoms with Crippen LogP contribution in [-0.4, -0.2) is 18.2 Å². The summed E-state index contributed by atoms with van der Waals surface area (Å²) in [5.74, 6) is -0.548. The summed E-state index contributed by atoms with van der Waals surface area (Å²) in [4.78, 5) is -0.161. The summed E-state index contributed by atoms with van der Waals surface area (Å²) in [7, 11) is -2.20. The Morgan fingerprint density at radius 1 is 1.29 bits per heavy atom. The first kappa shape index (κ1) is 15.8. The Hall–Kier alpha value is -1.60. The highest BCUT2D eigenvalue weighted by Crippen LogP contribution is 2.28. The first-order valence-corrected chi connectivity index (χ1v) is 7.98. The molecule has 0 saturated carbocycles. The lowest BCUT2D eigenvalue weighted by molar-refractivity contribution is 0.598. The summed E-state index contributed by atoms with van der Waals surface area (Å²) in [5.41, 5.74) is 1.83. The normalized spacial score (nSPS) is 11.7. The Balaban J connectivity index is 2.51. The van der Waals surface area contributed by atoms with E-state index in [9.17, 15) is 12.8 Å². The van der Waals surface area contributed by atoms with Crippen LogP contribution in [0.15, 0.2) is 17.0 Å². The van der Waals surface area contributed by atoms with E-state index in [-0.39, 0.29) is 15.5 Å². The summed E-state index contributed by atoms with van der Waals surface area (Å²) in [6, 6.07) is 2.20. The second-order valence-electron chi connectivity index (χ2n) is 4.81. The molecule has 0 bridgehead atoms. The predicted octanol–water partition coefficient (Wildman–Crippen LogP) is 2.94. The first-order chi connectivity index (χ1) is 9.63. The van der Waals surface area contributed by atoms with Crippen LogP contribution >= 0.6 is 11.6 Å². The van der Waals surface area contributed by atoms with Crippen molar-refractivity contribution in [2.45, 2.75) is 25.7 Å². The maximum Gasteiger partial charge on any atom is 0.263 e. The number of halogens is 2. The third-order valence-electron chi connectivity index (χ3n) is 3.25. The molecule has 0 radical (unpaired) electrons. The minimum Gasteiger partial charge on any atom is -0.276 e. The number of hydrogen-bond donors (Lipinski definition) is 1. The SMILES string of the molecule is Cc1cc(S(=O)(=O)Nc2c(C)nn(C)c2C)c(Cl)cc1F. The fourth-order valence-corrected chi connectivity index (χ4v) is 3.72. The molecule has 21 heavy (non-hydrogen) atoms. The van der Waals surface area contributed by atoms with Crippen LogP contribution in [0.25, 0.3) is 0 Å². The van der Waals surface area contributed by atoms with Crippen LogP contribution in [-0.2, 0) is 17.1 Å². The molecule has 5 nitrogen and oxygen atoms in total. The van der Waals surface area contributed by atoms with Gasteiger partial charge in [0.25, 0.3) is 10.0 Å². The molecule has 0 amide bonds. The van der Waals surface area contributed by atoms with Crippen molar-refractivity contribution in [3.8, 4) is 0 Å². The lowest BCUT2D eigenvalue weighted by atomic mass is 10.2. The van der Waals surface area contributed by atoms with E-state index in [0.717, 1.165) is 6.07 Å². The van der Waals surface area contributed by atoms with Crippen molar-refractivity contribution in [2.24, 2.45) is 7.05 Å². The van der Waals surface area contributed by atoms with Crippen LogP contribution in [0.2, 0.25) is 5.02 Å². The standard InChI is InChI=1S/C13H15ClFN3O2S/c1-7-5-12(10(14)6-11(7)15)21(19,20)17-13-8(2)16-18(4)9(13)3/h5-6,17H,1-4H3. The van der Waals surface area contributed by atoms with Gasteiger partial charge in [0.2, 0.25) is 0 Å². The molecular formula is C13H15ClFN3O2S. The van der Waals surface area contributed by atoms with E-state index in [1.807, 2.05) is 0 Å². The lowest BCUT2D eigenvalue weighted by Crippen LogP contribution is -2.15. The van der Waals surface area contributed by atoms with Gasteiger partial charge in [-0.05, 0) is 38.5 Å². The number of sulfonamides is 1. The van der Waals surface area contributed by atoms with E-state index in [4.69, 9.17) is 11.6 Å². The van der Waals surface area contributed by atoms with Gasteiger partial charge < -0.3 is 0 Å². The monoisotopic (exact) mass is 331 g/mol. The minimum atomic E-state index is -3.92. The molecule has 0 fully saturated rings. The molecule has 2 aromatic rings. The van der Waals surface area contributed by atoms with Crippen molar-refractivity contribution in [1.29, 1.82) is 0 Å². The molecule has 114 valence electrons. The molecule has 1 aromatic heterocycles. The maximum atomic E-state index is 13.4. The topological polar surface area (TPSA) is 64.0 Å². The van der Waals surface area contributed by atoms with Gasteiger partial charge in [0.1, 0.15) is 10.7 Å². The number of aromatic nitrogens is 2. The molecule has 0 aliphatic rings. The number of benzene rings is 1. The highest BCUT2D eigenvalue weighted by molar-refractivity contribution is 7.92. The van der Waals surface area contributed by atoms with Crippen molar-refractivity contribution in [2.75, 3.05) is 4.72 Å². The van der Waals surface area contributed by atoms with Gasteiger partial charge in [0.05, 0.1) is 22.1 Å². The summed E-state index contributed by atoms with van der Waals surface area (Å²) >= 11 is 5.86. The minimum absolute atomic E-state index is 0.161. The van der Waals surface area contributed by atoms with Crippen LogP contribution in [0, 0.1) is 26.6 Å². The van der Waals surface area contributed by atoms with Crippen LogP contribution in [0.3, 0.4) is 0 Å². The Morgan fingerprint density at radius 3 is 2.43 bits per heavy atom. The Bertz CT molecular complexity index is 815. The number of nitrogens with one attached hydrogen (secondary N) is 1. The second kappa shape index (κ2) is 5.31. The zero-order valence-electron chi connectivity index (χ0n) is 12.0. The average Bonchev–Trinajstić information content (AvgIpc) is 2.60. The smallest absolute Gasteiger partial charge is 0.263 e. The molecule has 0 spiro atoms. The number of aryl methyl sites for hydroxylation is 3. The van der Waals surface area contributed by atoms with E-state index in [1.165, 1.54) is 13.0 Å². The van der Waals surface area contributed by atoms with Crippen molar-refractivity contribution < 1.29 is 12.8 Å². The number of hydrogen-bond acceptors (Lipinski definition) is 3. The van der Waals surface area contributed by atoms with Gasteiger partial charge in [-0.15, -0.1) is 0 Å². The fraction of sp³-hybridized carbons (Fsp3) is 0.308. The first-order valence-electron chi connectivity index (χ1n) is 6.12. The van der Waals surface area contributed by atoms with Crippen molar-refractivity contribution >= 4 is 27.3 Å². The largest absolute Gasteiger partial charge is 0.276 e. The highest BCUT2D eigenvalue weighted by atomic mass is 35.5. The van der Waals surface area contributed by atoms with Crippen molar-refractivity contribution in [3.05, 3.63) is 39.9 Å². The van der Waals surface area contributed by atoms with E-state index in [2.05, 4.69) is 9.82 Å². The predicted molar refractivity (Wildman–Crippen MR) is 79.6 cm³/mol. The maximum absolute atomic E-state index is 13.4. The molecule has 0 aliphatic carbocycles. The van der Waals surface area contributed by atoms with Gasteiger partial charge >= 0.3 is 0 Å². The molecule has 0 atom stereocenters. The van der Waals surface area contributed by atoms with Gasteiger partial charge in [-0.25, -0.2) is 12.8 Å². The van der Waals surface area contributed by atoms with Crippen LogP contribution < -0.4 is 4.72 Å². The molecule has 8 heteroatoms. The number of rotatable bonds is 3. The number of anilines is 1. The Labute approximate surface area is 127 Å². The van der Waals surface area contributed by atoms with E-state index in [1.54, 1.807) is 25.6 Å². The van der Waals surface area contributed by atoms with E-state index < -0.39 is 15.8 Å². The van der Waals surface area contributed by atoms with Crippen molar-refractivity contribution in [3.63, 3.8) is 0 Å². The fourth-order valence-electron chi connectivity index (χ4n) is 1.95. The third-order valence-corrected chi connectivity index (χ3v) is 5.06. The Morgan fingerprint density at radius 2 is 1.90 bits per heavy atom. The van der Waals surface area contributed by atoms with E-state index in [0.29, 0.717) is 17.1 Å². The van der Waals surface area contributed by atoms with Gasteiger partial charge in [-0.1, -0.05) is 11.6 Å². The molecular weight excluding hydrogens is 317 g/mol. The molecule has 0 unspecified atom stereocenters.